The Hall–Kier alpha value is -2.24. The SMILES string of the molecule is C=CC(=O)N1CCN(c2nccnc2C(C)=O)CC1. The lowest BCUT2D eigenvalue weighted by molar-refractivity contribution is -0.126. The average molecular weight is 260 g/mol. The molecule has 0 aliphatic carbocycles. The first kappa shape index (κ1) is 13.2. The van der Waals surface area contributed by atoms with Gasteiger partial charge in [0.05, 0.1) is 0 Å². The fraction of sp³-hybridized carbons (Fsp3) is 0.385. The number of hydrogen-bond donors (Lipinski definition) is 0. The highest BCUT2D eigenvalue weighted by molar-refractivity contribution is 5.96. The van der Waals surface area contributed by atoms with Gasteiger partial charge in [0.1, 0.15) is 5.69 Å². The smallest absolute Gasteiger partial charge is 0.246 e. The zero-order chi connectivity index (χ0) is 13.8. The number of amides is 1. The summed E-state index contributed by atoms with van der Waals surface area (Å²) < 4.78 is 0. The van der Waals surface area contributed by atoms with E-state index in [9.17, 15) is 9.59 Å². The van der Waals surface area contributed by atoms with Gasteiger partial charge in [0, 0.05) is 45.5 Å². The summed E-state index contributed by atoms with van der Waals surface area (Å²) in [4.78, 5) is 35.0. The van der Waals surface area contributed by atoms with Crippen molar-refractivity contribution >= 4 is 17.5 Å². The summed E-state index contributed by atoms with van der Waals surface area (Å²) in [5, 5.41) is 0. The van der Waals surface area contributed by atoms with E-state index in [2.05, 4.69) is 16.5 Å². The van der Waals surface area contributed by atoms with Crippen molar-refractivity contribution in [3.8, 4) is 0 Å². The second kappa shape index (κ2) is 5.60. The Morgan fingerprint density at radius 2 is 1.84 bits per heavy atom. The zero-order valence-corrected chi connectivity index (χ0v) is 10.9. The van der Waals surface area contributed by atoms with Gasteiger partial charge >= 0.3 is 0 Å². The van der Waals surface area contributed by atoms with E-state index in [1.807, 2.05) is 4.90 Å². The molecule has 1 amide bonds. The van der Waals surface area contributed by atoms with Gasteiger partial charge < -0.3 is 9.80 Å². The molecule has 2 heterocycles. The van der Waals surface area contributed by atoms with Crippen LogP contribution >= 0.6 is 0 Å². The molecule has 1 aliphatic rings. The van der Waals surface area contributed by atoms with Crippen molar-refractivity contribution in [3.05, 3.63) is 30.7 Å². The maximum Gasteiger partial charge on any atom is 0.246 e. The lowest BCUT2D eigenvalue weighted by Crippen LogP contribution is -2.49. The Labute approximate surface area is 111 Å². The predicted molar refractivity (Wildman–Crippen MR) is 71.0 cm³/mol. The monoisotopic (exact) mass is 260 g/mol. The van der Waals surface area contributed by atoms with E-state index in [1.165, 1.54) is 19.2 Å². The summed E-state index contributed by atoms with van der Waals surface area (Å²) in [7, 11) is 0. The van der Waals surface area contributed by atoms with Gasteiger partial charge in [0.15, 0.2) is 11.6 Å². The van der Waals surface area contributed by atoms with Crippen LogP contribution in [0, 0.1) is 0 Å². The molecule has 0 aromatic carbocycles. The molecule has 0 unspecified atom stereocenters. The van der Waals surface area contributed by atoms with Crippen LogP contribution in [0.4, 0.5) is 5.82 Å². The first-order valence-corrected chi connectivity index (χ1v) is 6.11. The Morgan fingerprint density at radius 1 is 1.21 bits per heavy atom. The molecule has 6 nitrogen and oxygen atoms in total. The van der Waals surface area contributed by atoms with Crippen LogP contribution in [0.1, 0.15) is 17.4 Å². The van der Waals surface area contributed by atoms with Gasteiger partial charge in [0.2, 0.25) is 5.91 Å². The summed E-state index contributed by atoms with van der Waals surface area (Å²) in [5.74, 6) is 0.430. The molecular weight excluding hydrogens is 244 g/mol. The molecule has 0 bridgehead atoms. The molecule has 2 rings (SSSR count). The van der Waals surface area contributed by atoms with Crippen LogP contribution in [-0.2, 0) is 4.79 Å². The highest BCUT2D eigenvalue weighted by Crippen LogP contribution is 2.17. The normalized spacial score (nSPS) is 15.2. The number of ketones is 1. The minimum absolute atomic E-state index is 0.0643. The van der Waals surface area contributed by atoms with Crippen LogP contribution in [0.5, 0.6) is 0 Å². The number of Topliss-reactive ketones (excluding diaryl/α,β-unsaturated/α-hetero) is 1. The zero-order valence-electron chi connectivity index (χ0n) is 10.9. The van der Waals surface area contributed by atoms with Crippen molar-refractivity contribution in [2.75, 3.05) is 31.1 Å². The Kier molecular flexibility index (Phi) is 3.89. The molecule has 0 atom stereocenters. The summed E-state index contributed by atoms with van der Waals surface area (Å²) in [6, 6.07) is 0. The fourth-order valence-electron chi connectivity index (χ4n) is 2.08. The van der Waals surface area contributed by atoms with Crippen molar-refractivity contribution in [1.29, 1.82) is 0 Å². The number of carbonyl (C=O) groups is 2. The second-order valence-electron chi connectivity index (χ2n) is 4.30. The van der Waals surface area contributed by atoms with E-state index in [4.69, 9.17) is 0 Å². The quantitative estimate of drug-likeness (QED) is 0.585. The van der Waals surface area contributed by atoms with Gasteiger partial charge in [-0.15, -0.1) is 0 Å². The third-order valence-corrected chi connectivity index (χ3v) is 3.08. The van der Waals surface area contributed by atoms with Crippen molar-refractivity contribution in [2.45, 2.75) is 6.92 Å². The van der Waals surface area contributed by atoms with Gasteiger partial charge in [-0.3, -0.25) is 9.59 Å². The fourth-order valence-corrected chi connectivity index (χ4v) is 2.08. The Bertz CT molecular complexity index is 507. The summed E-state index contributed by atoms with van der Waals surface area (Å²) in [5.41, 5.74) is 0.381. The Morgan fingerprint density at radius 3 is 2.42 bits per heavy atom. The number of hydrogen-bond acceptors (Lipinski definition) is 5. The average Bonchev–Trinajstić information content (AvgIpc) is 2.46. The van der Waals surface area contributed by atoms with E-state index in [1.54, 1.807) is 11.1 Å². The molecule has 0 saturated carbocycles. The van der Waals surface area contributed by atoms with E-state index in [0.717, 1.165) is 0 Å². The summed E-state index contributed by atoms with van der Waals surface area (Å²) >= 11 is 0. The van der Waals surface area contributed by atoms with E-state index < -0.39 is 0 Å². The molecule has 1 aromatic heterocycles. The number of piperazine rings is 1. The van der Waals surface area contributed by atoms with E-state index in [0.29, 0.717) is 37.7 Å². The van der Waals surface area contributed by atoms with Crippen LogP contribution < -0.4 is 4.90 Å². The highest BCUT2D eigenvalue weighted by Gasteiger charge is 2.23. The minimum Gasteiger partial charge on any atom is -0.351 e. The lowest BCUT2D eigenvalue weighted by atomic mass is 10.2. The van der Waals surface area contributed by atoms with E-state index in [-0.39, 0.29) is 11.7 Å². The topological polar surface area (TPSA) is 66.4 Å². The molecule has 0 spiro atoms. The highest BCUT2D eigenvalue weighted by atomic mass is 16.2. The van der Waals surface area contributed by atoms with Crippen molar-refractivity contribution in [3.63, 3.8) is 0 Å². The first-order valence-electron chi connectivity index (χ1n) is 6.11. The minimum atomic E-state index is -0.104. The molecule has 0 radical (unpaired) electrons. The number of aromatic nitrogens is 2. The molecule has 19 heavy (non-hydrogen) atoms. The molecule has 1 aliphatic heterocycles. The molecule has 1 aromatic rings. The second-order valence-corrected chi connectivity index (χ2v) is 4.30. The molecule has 1 fully saturated rings. The summed E-state index contributed by atoms with van der Waals surface area (Å²) in [6.45, 7) is 7.42. The number of rotatable bonds is 3. The van der Waals surface area contributed by atoms with Crippen molar-refractivity contribution in [2.24, 2.45) is 0 Å². The molecule has 1 saturated heterocycles. The number of carbonyl (C=O) groups excluding carboxylic acids is 2. The van der Waals surface area contributed by atoms with Crippen molar-refractivity contribution in [1.82, 2.24) is 14.9 Å². The standard InChI is InChI=1S/C13H16N4O2/c1-3-11(19)16-6-8-17(9-7-16)13-12(10(2)18)14-4-5-15-13/h3-5H,1,6-9H2,2H3. The number of nitrogens with zero attached hydrogens (tertiary/aromatic N) is 4. The van der Waals surface area contributed by atoms with Crippen LogP contribution in [0.15, 0.2) is 25.0 Å². The van der Waals surface area contributed by atoms with Gasteiger partial charge in [-0.05, 0) is 6.08 Å². The first-order chi connectivity index (χ1) is 9.13. The molecule has 100 valence electrons. The Balaban J connectivity index is 2.12. The van der Waals surface area contributed by atoms with Gasteiger partial charge in [-0.2, -0.15) is 0 Å². The van der Waals surface area contributed by atoms with Gasteiger partial charge in [-0.25, -0.2) is 9.97 Å². The van der Waals surface area contributed by atoms with Crippen LogP contribution in [0.25, 0.3) is 0 Å². The largest absolute Gasteiger partial charge is 0.351 e. The lowest BCUT2D eigenvalue weighted by Gasteiger charge is -2.35. The van der Waals surface area contributed by atoms with Crippen molar-refractivity contribution < 1.29 is 9.59 Å². The maximum atomic E-state index is 11.5. The van der Waals surface area contributed by atoms with Gasteiger partial charge in [-0.1, -0.05) is 6.58 Å². The molecule has 0 N–H and O–H groups in total. The van der Waals surface area contributed by atoms with Gasteiger partial charge in [0.25, 0.3) is 0 Å². The van der Waals surface area contributed by atoms with Crippen LogP contribution in [0.2, 0.25) is 0 Å². The predicted octanol–water partition coefficient (Wildman–Crippen LogP) is 0.514. The maximum absolute atomic E-state index is 11.5. The molecule has 6 heteroatoms. The third-order valence-electron chi connectivity index (χ3n) is 3.08. The van der Waals surface area contributed by atoms with E-state index >= 15 is 0 Å². The van der Waals surface area contributed by atoms with Crippen LogP contribution in [-0.4, -0.2) is 52.7 Å². The summed E-state index contributed by atoms with van der Waals surface area (Å²) in [6.07, 6.45) is 4.40. The molecular formula is C13H16N4O2. The number of anilines is 1. The third kappa shape index (κ3) is 2.78. The van der Waals surface area contributed by atoms with Crippen LogP contribution in [0.3, 0.4) is 0 Å².